The Hall–Kier alpha value is -3.56. The van der Waals surface area contributed by atoms with Crippen molar-refractivity contribution in [3.8, 4) is 0 Å². The molecule has 1 atom stereocenters. The summed E-state index contributed by atoms with van der Waals surface area (Å²) in [6.45, 7) is 11.6. The van der Waals surface area contributed by atoms with Gasteiger partial charge in [-0.15, -0.1) is 0 Å². The first-order chi connectivity index (χ1) is 16.9. The molecule has 1 unspecified atom stereocenters. The number of carbonyl (C=O) groups is 2. The number of hydrogen-bond donors (Lipinski definition) is 3. The van der Waals surface area contributed by atoms with E-state index in [1.165, 1.54) is 4.57 Å². The van der Waals surface area contributed by atoms with Crippen LogP contribution in [-0.4, -0.2) is 33.2 Å². The van der Waals surface area contributed by atoms with Crippen LogP contribution in [0.1, 0.15) is 59.9 Å². The van der Waals surface area contributed by atoms with Crippen LogP contribution in [0.15, 0.2) is 33.9 Å². The number of nitrogens with zero attached hydrogens (tertiary/aromatic N) is 2. The molecule has 10 nitrogen and oxygen atoms in total. The summed E-state index contributed by atoms with van der Waals surface area (Å²) >= 11 is 0. The van der Waals surface area contributed by atoms with Gasteiger partial charge >= 0.3 is 11.7 Å². The topological polar surface area (TPSA) is 137 Å². The predicted octanol–water partition coefficient (Wildman–Crippen LogP) is 2.98. The lowest BCUT2D eigenvalue weighted by molar-refractivity contribution is -0.152. The van der Waals surface area contributed by atoms with E-state index in [-0.39, 0.29) is 36.5 Å². The van der Waals surface area contributed by atoms with E-state index >= 15 is 0 Å². The van der Waals surface area contributed by atoms with Gasteiger partial charge in [-0.1, -0.05) is 32.9 Å². The fraction of sp³-hybridized carbons (Fsp3) is 0.538. The smallest absolute Gasteiger partial charge is 0.332 e. The Bertz CT molecular complexity index is 1180. The number of carbonyl (C=O) groups excluding carboxylic acids is 2. The van der Waals surface area contributed by atoms with E-state index in [9.17, 15) is 19.2 Å². The van der Waals surface area contributed by atoms with Crippen molar-refractivity contribution in [2.45, 2.75) is 79.5 Å². The van der Waals surface area contributed by atoms with Crippen LogP contribution in [0.3, 0.4) is 0 Å². The summed E-state index contributed by atoms with van der Waals surface area (Å²) < 4.78 is 7.73. The number of aromatic nitrogens is 2. The normalized spacial score (nSPS) is 12.2. The zero-order chi connectivity index (χ0) is 27.0. The van der Waals surface area contributed by atoms with Crippen molar-refractivity contribution < 1.29 is 14.3 Å². The number of benzene rings is 1. The summed E-state index contributed by atoms with van der Waals surface area (Å²) in [5.74, 6) is -1.20. The third-order valence-electron chi connectivity index (χ3n) is 5.41. The van der Waals surface area contributed by atoms with Gasteiger partial charge in [0.15, 0.2) is 0 Å². The van der Waals surface area contributed by atoms with Crippen LogP contribution < -0.4 is 27.6 Å². The van der Waals surface area contributed by atoms with Gasteiger partial charge in [-0.25, -0.2) is 4.79 Å². The molecule has 0 aliphatic rings. The first-order valence-corrected chi connectivity index (χ1v) is 12.4. The van der Waals surface area contributed by atoms with Crippen molar-refractivity contribution in [1.29, 1.82) is 0 Å². The van der Waals surface area contributed by atoms with Gasteiger partial charge in [0.1, 0.15) is 23.7 Å². The molecule has 0 spiro atoms. The highest BCUT2D eigenvalue weighted by Crippen LogP contribution is 2.17. The molecule has 36 heavy (non-hydrogen) atoms. The summed E-state index contributed by atoms with van der Waals surface area (Å²) in [6, 6.07) is 7.38. The standard InChI is InChI=1S/C26H39N5O5/c1-7-13-30-22(27)21(24(34)31(14-8-2)25(30)35)29-23(33)17(3)15-18-9-11-19(12-10-18)28-16-20(32)36-26(4,5)6/h9-12,17,28H,7-8,13-16,27H2,1-6H3,(H,29,33). The molecule has 2 aromatic rings. The van der Waals surface area contributed by atoms with Gasteiger partial charge in [0.05, 0.1) is 0 Å². The van der Waals surface area contributed by atoms with Gasteiger partial charge < -0.3 is 21.1 Å². The number of anilines is 3. The van der Waals surface area contributed by atoms with Gasteiger partial charge in [-0.05, 0) is 57.7 Å². The second-order valence-corrected chi connectivity index (χ2v) is 9.88. The highest BCUT2D eigenvalue weighted by atomic mass is 16.6. The first-order valence-electron chi connectivity index (χ1n) is 12.4. The molecule has 2 rings (SSSR count). The first kappa shape index (κ1) is 28.7. The van der Waals surface area contributed by atoms with Crippen LogP contribution in [0, 0.1) is 5.92 Å². The number of nitrogens with one attached hydrogen (secondary N) is 2. The van der Waals surface area contributed by atoms with Gasteiger partial charge in [-0.3, -0.25) is 23.5 Å². The second-order valence-electron chi connectivity index (χ2n) is 9.88. The Balaban J connectivity index is 2.09. The fourth-order valence-electron chi connectivity index (χ4n) is 3.70. The molecular weight excluding hydrogens is 462 g/mol. The Kier molecular flexibility index (Phi) is 9.89. The van der Waals surface area contributed by atoms with E-state index in [0.29, 0.717) is 25.8 Å². The van der Waals surface area contributed by atoms with E-state index < -0.39 is 22.8 Å². The van der Waals surface area contributed by atoms with Crippen LogP contribution in [0.4, 0.5) is 17.2 Å². The van der Waals surface area contributed by atoms with Crippen molar-refractivity contribution in [3.05, 3.63) is 50.7 Å². The lowest BCUT2D eigenvalue weighted by Crippen LogP contribution is -2.43. The molecule has 1 heterocycles. The molecule has 1 amide bonds. The van der Waals surface area contributed by atoms with Crippen LogP contribution in [-0.2, 0) is 33.8 Å². The number of nitrogen functional groups attached to an aromatic ring is 1. The summed E-state index contributed by atoms with van der Waals surface area (Å²) in [6.07, 6.45) is 1.67. The molecule has 198 valence electrons. The zero-order valence-corrected chi connectivity index (χ0v) is 22.1. The highest BCUT2D eigenvalue weighted by molar-refractivity contribution is 5.94. The summed E-state index contributed by atoms with van der Waals surface area (Å²) in [5, 5.41) is 5.68. The molecule has 0 aliphatic heterocycles. The average molecular weight is 502 g/mol. The molecule has 1 aromatic heterocycles. The summed E-state index contributed by atoms with van der Waals surface area (Å²) in [4.78, 5) is 50.4. The van der Waals surface area contributed by atoms with Gasteiger partial charge in [0.25, 0.3) is 5.56 Å². The lowest BCUT2D eigenvalue weighted by atomic mass is 10.00. The van der Waals surface area contributed by atoms with Crippen molar-refractivity contribution >= 4 is 29.1 Å². The molecule has 10 heteroatoms. The molecule has 0 bridgehead atoms. The molecule has 4 N–H and O–H groups in total. The monoisotopic (exact) mass is 501 g/mol. The van der Waals surface area contributed by atoms with Crippen LogP contribution >= 0.6 is 0 Å². The van der Waals surface area contributed by atoms with Gasteiger partial charge in [0, 0.05) is 24.7 Å². The predicted molar refractivity (Wildman–Crippen MR) is 142 cm³/mol. The number of ether oxygens (including phenoxy) is 1. The number of amides is 1. The number of esters is 1. The highest BCUT2D eigenvalue weighted by Gasteiger charge is 2.21. The molecule has 0 saturated carbocycles. The van der Waals surface area contributed by atoms with Crippen molar-refractivity contribution in [2.75, 3.05) is 22.9 Å². The van der Waals surface area contributed by atoms with Crippen molar-refractivity contribution in [3.63, 3.8) is 0 Å². The van der Waals surface area contributed by atoms with Crippen LogP contribution in [0.25, 0.3) is 0 Å². The van der Waals surface area contributed by atoms with Crippen molar-refractivity contribution in [2.24, 2.45) is 5.92 Å². The Morgan fingerprint density at radius 1 is 1.03 bits per heavy atom. The average Bonchev–Trinajstić information content (AvgIpc) is 2.80. The van der Waals surface area contributed by atoms with Crippen LogP contribution in [0.5, 0.6) is 0 Å². The van der Waals surface area contributed by atoms with E-state index in [0.717, 1.165) is 15.8 Å². The quantitative estimate of drug-likeness (QED) is 0.403. The summed E-state index contributed by atoms with van der Waals surface area (Å²) in [7, 11) is 0. The van der Waals surface area contributed by atoms with Gasteiger partial charge in [0.2, 0.25) is 5.91 Å². The molecular formula is C26H39N5O5. The van der Waals surface area contributed by atoms with E-state index in [2.05, 4.69) is 10.6 Å². The minimum absolute atomic E-state index is 0.0276. The Labute approximate surface area is 211 Å². The minimum atomic E-state index is -0.590. The molecule has 0 radical (unpaired) electrons. The SMILES string of the molecule is CCCn1c(N)c(NC(=O)C(C)Cc2ccc(NCC(=O)OC(C)(C)C)cc2)c(=O)n(CCC)c1=O. The molecule has 0 aliphatic carbocycles. The number of hydrogen-bond acceptors (Lipinski definition) is 7. The molecule has 0 saturated heterocycles. The minimum Gasteiger partial charge on any atom is -0.459 e. The van der Waals surface area contributed by atoms with E-state index in [1.54, 1.807) is 6.92 Å². The Morgan fingerprint density at radius 2 is 1.61 bits per heavy atom. The van der Waals surface area contributed by atoms with E-state index in [1.807, 2.05) is 58.9 Å². The van der Waals surface area contributed by atoms with E-state index in [4.69, 9.17) is 10.5 Å². The van der Waals surface area contributed by atoms with Gasteiger partial charge in [-0.2, -0.15) is 0 Å². The van der Waals surface area contributed by atoms with Crippen LogP contribution in [0.2, 0.25) is 0 Å². The third kappa shape index (κ3) is 7.73. The molecule has 1 aromatic carbocycles. The Morgan fingerprint density at radius 3 is 2.17 bits per heavy atom. The maximum absolute atomic E-state index is 12.9. The zero-order valence-electron chi connectivity index (χ0n) is 22.1. The third-order valence-corrected chi connectivity index (χ3v) is 5.41. The summed E-state index contributed by atoms with van der Waals surface area (Å²) in [5.41, 5.74) is 6.14. The maximum Gasteiger partial charge on any atom is 0.332 e. The largest absolute Gasteiger partial charge is 0.459 e. The second kappa shape index (κ2) is 12.4. The number of rotatable bonds is 11. The maximum atomic E-state index is 12.9. The fourth-order valence-corrected chi connectivity index (χ4v) is 3.70. The number of nitrogens with two attached hydrogens (primary N) is 1. The lowest BCUT2D eigenvalue weighted by Gasteiger charge is -2.19. The molecule has 0 fully saturated rings. The van der Waals surface area contributed by atoms with Crippen molar-refractivity contribution in [1.82, 2.24) is 9.13 Å².